The fraction of sp³-hybridized carbons (Fsp3) is 0.533. The maximum atomic E-state index is 12.0. The number of rotatable bonds is 5. The summed E-state index contributed by atoms with van der Waals surface area (Å²) in [5.41, 5.74) is 1.88. The average Bonchev–Trinajstić information content (AvgIpc) is 2.48. The fourth-order valence-electron chi connectivity index (χ4n) is 2.25. The third kappa shape index (κ3) is 4.42. The Hall–Kier alpha value is -1.20. The van der Waals surface area contributed by atoms with E-state index >= 15 is 0 Å². The van der Waals surface area contributed by atoms with Gasteiger partial charge in [-0.15, -0.1) is 11.8 Å². The molecule has 0 aliphatic carbocycles. The molecule has 1 amide bonds. The molecule has 0 unspecified atom stereocenters. The van der Waals surface area contributed by atoms with Gasteiger partial charge >= 0.3 is 0 Å². The normalized spacial score (nSPS) is 15.9. The SMILES string of the molecule is COc1ccc(NC(=O)CSC2CCNCC2)c(C)c1. The molecule has 0 atom stereocenters. The van der Waals surface area contributed by atoms with Gasteiger partial charge in [0.2, 0.25) is 5.91 Å². The highest BCUT2D eigenvalue weighted by Crippen LogP contribution is 2.23. The second kappa shape index (κ2) is 7.55. The van der Waals surface area contributed by atoms with E-state index < -0.39 is 0 Å². The van der Waals surface area contributed by atoms with Crippen LogP contribution >= 0.6 is 11.8 Å². The van der Waals surface area contributed by atoms with Crippen LogP contribution in [0, 0.1) is 6.92 Å². The van der Waals surface area contributed by atoms with Gasteiger partial charge < -0.3 is 15.4 Å². The number of ether oxygens (including phenoxy) is 1. The number of carbonyl (C=O) groups is 1. The van der Waals surface area contributed by atoms with E-state index in [9.17, 15) is 4.79 Å². The van der Waals surface area contributed by atoms with Gasteiger partial charge in [0.1, 0.15) is 5.75 Å². The van der Waals surface area contributed by atoms with Gasteiger partial charge in [-0.1, -0.05) is 0 Å². The lowest BCUT2D eigenvalue weighted by atomic mass is 10.2. The molecule has 1 heterocycles. The fourth-order valence-corrected chi connectivity index (χ4v) is 3.27. The van der Waals surface area contributed by atoms with Gasteiger partial charge in [0.25, 0.3) is 0 Å². The van der Waals surface area contributed by atoms with Crippen molar-refractivity contribution in [2.45, 2.75) is 25.0 Å². The number of thioether (sulfide) groups is 1. The Labute approximate surface area is 124 Å². The molecule has 2 N–H and O–H groups in total. The number of hydrogen-bond donors (Lipinski definition) is 2. The smallest absolute Gasteiger partial charge is 0.234 e. The Morgan fingerprint density at radius 3 is 2.85 bits per heavy atom. The number of piperidine rings is 1. The first-order chi connectivity index (χ1) is 9.69. The van der Waals surface area contributed by atoms with Crippen LogP contribution < -0.4 is 15.4 Å². The first-order valence-corrected chi connectivity index (χ1v) is 8.00. The first kappa shape index (κ1) is 15.2. The van der Waals surface area contributed by atoms with Gasteiger partial charge in [0, 0.05) is 10.9 Å². The van der Waals surface area contributed by atoms with Crippen molar-refractivity contribution in [1.29, 1.82) is 0 Å². The minimum absolute atomic E-state index is 0.0711. The molecule has 0 spiro atoms. The Kier molecular flexibility index (Phi) is 5.73. The summed E-state index contributed by atoms with van der Waals surface area (Å²) in [6, 6.07) is 5.68. The van der Waals surface area contributed by atoms with Crippen molar-refractivity contribution in [1.82, 2.24) is 5.32 Å². The number of methoxy groups -OCH3 is 1. The number of anilines is 1. The van der Waals surface area contributed by atoms with Crippen LogP contribution in [0.5, 0.6) is 5.75 Å². The minimum atomic E-state index is 0.0711. The third-order valence-electron chi connectivity index (χ3n) is 3.44. The van der Waals surface area contributed by atoms with Crippen LogP contribution in [0.3, 0.4) is 0 Å². The lowest BCUT2D eigenvalue weighted by Crippen LogP contribution is -2.30. The molecule has 20 heavy (non-hydrogen) atoms. The van der Waals surface area contributed by atoms with Gasteiger partial charge in [-0.05, 0) is 56.6 Å². The second-order valence-corrected chi connectivity index (χ2v) is 6.28. The van der Waals surface area contributed by atoms with Crippen molar-refractivity contribution < 1.29 is 9.53 Å². The van der Waals surface area contributed by atoms with E-state index in [1.165, 1.54) is 0 Å². The number of aryl methyl sites for hydroxylation is 1. The van der Waals surface area contributed by atoms with E-state index in [4.69, 9.17) is 4.74 Å². The molecule has 1 aliphatic heterocycles. The molecular weight excluding hydrogens is 272 g/mol. The summed E-state index contributed by atoms with van der Waals surface area (Å²) in [5.74, 6) is 1.40. The number of nitrogens with one attached hydrogen (secondary N) is 2. The minimum Gasteiger partial charge on any atom is -0.497 e. The van der Waals surface area contributed by atoms with E-state index in [0.717, 1.165) is 42.9 Å². The highest BCUT2D eigenvalue weighted by atomic mass is 32.2. The summed E-state index contributed by atoms with van der Waals surface area (Å²) in [4.78, 5) is 12.0. The van der Waals surface area contributed by atoms with E-state index in [-0.39, 0.29) is 5.91 Å². The van der Waals surface area contributed by atoms with Gasteiger partial charge in [0.15, 0.2) is 0 Å². The van der Waals surface area contributed by atoms with Crippen molar-refractivity contribution >= 4 is 23.4 Å². The molecule has 2 rings (SSSR count). The molecule has 1 aliphatic rings. The molecular formula is C15H22N2O2S. The van der Waals surface area contributed by atoms with Crippen LogP contribution in [0.4, 0.5) is 5.69 Å². The zero-order valence-corrected chi connectivity index (χ0v) is 12.9. The second-order valence-electron chi connectivity index (χ2n) is 4.99. The zero-order valence-electron chi connectivity index (χ0n) is 12.1. The number of carbonyl (C=O) groups excluding carboxylic acids is 1. The van der Waals surface area contributed by atoms with Crippen molar-refractivity contribution in [3.05, 3.63) is 23.8 Å². The summed E-state index contributed by atoms with van der Waals surface area (Å²) in [6.07, 6.45) is 2.30. The van der Waals surface area contributed by atoms with Crippen molar-refractivity contribution in [3.63, 3.8) is 0 Å². The molecule has 1 fully saturated rings. The summed E-state index contributed by atoms with van der Waals surface area (Å²) in [6.45, 7) is 4.10. The van der Waals surface area contributed by atoms with Gasteiger partial charge in [-0.3, -0.25) is 4.79 Å². The number of amides is 1. The third-order valence-corrected chi connectivity index (χ3v) is 4.82. The molecule has 0 aromatic heterocycles. The summed E-state index contributed by atoms with van der Waals surface area (Å²) < 4.78 is 5.16. The van der Waals surface area contributed by atoms with Gasteiger partial charge in [-0.2, -0.15) is 0 Å². The largest absolute Gasteiger partial charge is 0.497 e. The van der Waals surface area contributed by atoms with Crippen LogP contribution in [0.1, 0.15) is 18.4 Å². The molecule has 0 bridgehead atoms. The Bertz CT molecular complexity index is 459. The zero-order chi connectivity index (χ0) is 14.4. The van der Waals surface area contributed by atoms with E-state index in [1.54, 1.807) is 18.9 Å². The average molecular weight is 294 g/mol. The van der Waals surface area contributed by atoms with Crippen LogP contribution in [0.15, 0.2) is 18.2 Å². The van der Waals surface area contributed by atoms with Crippen molar-refractivity contribution in [2.24, 2.45) is 0 Å². The number of benzene rings is 1. The maximum Gasteiger partial charge on any atom is 0.234 e. The quantitative estimate of drug-likeness (QED) is 0.876. The molecule has 1 saturated heterocycles. The molecule has 4 nitrogen and oxygen atoms in total. The molecule has 110 valence electrons. The van der Waals surface area contributed by atoms with Gasteiger partial charge in [0.05, 0.1) is 12.9 Å². The maximum absolute atomic E-state index is 12.0. The Morgan fingerprint density at radius 2 is 2.20 bits per heavy atom. The summed E-state index contributed by atoms with van der Waals surface area (Å²) in [5, 5.41) is 6.92. The molecule has 5 heteroatoms. The predicted octanol–water partition coefficient (Wildman–Crippen LogP) is 2.43. The lowest BCUT2D eigenvalue weighted by molar-refractivity contribution is -0.113. The molecule has 1 aromatic carbocycles. The molecule has 0 saturated carbocycles. The van der Waals surface area contributed by atoms with Crippen molar-refractivity contribution in [3.8, 4) is 5.75 Å². The van der Waals surface area contributed by atoms with Crippen molar-refractivity contribution in [2.75, 3.05) is 31.3 Å². The molecule has 0 radical (unpaired) electrons. The van der Waals surface area contributed by atoms with Crippen LogP contribution in [0.2, 0.25) is 0 Å². The van der Waals surface area contributed by atoms with Gasteiger partial charge in [-0.25, -0.2) is 0 Å². The van der Waals surface area contributed by atoms with Crippen LogP contribution in [-0.4, -0.2) is 37.1 Å². The van der Waals surface area contributed by atoms with Crippen LogP contribution in [0.25, 0.3) is 0 Å². The monoisotopic (exact) mass is 294 g/mol. The van der Waals surface area contributed by atoms with E-state index in [1.807, 2.05) is 25.1 Å². The number of hydrogen-bond acceptors (Lipinski definition) is 4. The topological polar surface area (TPSA) is 50.4 Å². The first-order valence-electron chi connectivity index (χ1n) is 6.96. The predicted molar refractivity (Wildman–Crippen MR) is 84.7 cm³/mol. The van der Waals surface area contributed by atoms with E-state index in [0.29, 0.717) is 11.0 Å². The lowest BCUT2D eigenvalue weighted by Gasteiger charge is -2.21. The molecule has 1 aromatic rings. The highest BCUT2D eigenvalue weighted by Gasteiger charge is 2.15. The summed E-state index contributed by atoms with van der Waals surface area (Å²) in [7, 11) is 1.64. The standard InChI is InChI=1S/C15H22N2O2S/c1-11-9-12(19-2)3-4-14(11)17-15(18)10-20-13-5-7-16-8-6-13/h3-4,9,13,16H,5-8,10H2,1-2H3,(H,17,18). The van der Waals surface area contributed by atoms with Crippen LogP contribution in [-0.2, 0) is 4.79 Å². The summed E-state index contributed by atoms with van der Waals surface area (Å²) >= 11 is 1.76. The van der Waals surface area contributed by atoms with E-state index in [2.05, 4.69) is 10.6 Å². The Morgan fingerprint density at radius 1 is 1.45 bits per heavy atom. The highest BCUT2D eigenvalue weighted by molar-refractivity contribution is 8.00. The Balaban J connectivity index is 1.81.